The average molecular weight is 375 g/mol. The highest BCUT2D eigenvalue weighted by atomic mass is 16.5. The highest BCUT2D eigenvalue weighted by Gasteiger charge is 2.09. The number of hydrogen-bond donors (Lipinski definition) is 2. The van der Waals surface area contributed by atoms with Crippen LogP contribution < -0.4 is 10.6 Å². The van der Waals surface area contributed by atoms with Gasteiger partial charge in [-0.05, 0) is 60.5 Å². The van der Waals surface area contributed by atoms with Crippen molar-refractivity contribution in [1.82, 2.24) is 4.98 Å². The molecule has 1 heterocycles. The first kappa shape index (κ1) is 19.1. The Morgan fingerprint density at radius 2 is 1.54 bits per heavy atom. The summed E-state index contributed by atoms with van der Waals surface area (Å²) in [5.41, 5.74) is 4.31. The van der Waals surface area contributed by atoms with Crippen LogP contribution in [0.4, 0.5) is 17.1 Å². The number of nitrogens with one attached hydrogen (secondary N) is 2. The number of anilines is 3. The van der Waals surface area contributed by atoms with Crippen LogP contribution in [-0.2, 0) is 11.2 Å². The van der Waals surface area contributed by atoms with Crippen LogP contribution in [0.2, 0.25) is 0 Å². The summed E-state index contributed by atoms with van der Waals surface area (Å²) < 4.78 is 4.65. The Kier molecular flexibility index (Phi) is 6.01. The fourth-order valence-electron chi connectivity index (χ4n) is 2.60. The Bertz CT molecular complexity index is 950. The fraction of sp³-hybridized carbons (Fsp3) is 0.136. The van der Waals surface area contributed by atoms with Gasteiger partial charge in [0.2, 0.25) is 0 Å². The van der Waals surface area contributed by atoms with Crippen LogP contribution in [0.1, 0.15) is 33.3 Å². The standard InChI is InChI=1S/C22H21N3O3/c1-3-15-4-8-17(9-5-15)24-19-12-13-20(23-14-19)21(26)25-18-10-6-16(7-11-18)22(27)28-2/h4-14,24H,3H2,1-2H3,(H,25,26). The van der Waals surface area contributed by atoms with Gasteiger partial charge in [0.15, 0.2) is 0 Å². The second kappa shape index (κ2) is 8.81. The average Bonchev–Trinajstić information content (AvgIpc) is 2.74. The van der Waals surface area contributed by atoms with Gasteiger partial charge in [-0.3, -0.25) is 4.79 Å². The molecule has 1 aromatic heterocycles. The monoisotopic (exact) mass is 375 g/mol. The molecule has 142 valence electrons. The maximum absolute atomic E-state index is 12.3. The van der Waals surface area contributed by atoms with Crippen molar-refractivity contribution in [2.24, 2.45) is 0 Å². The smallest absolute Gasteiger partial charge is 0.337 e. The van der Waals surface area contributed by atoms with Gasteiger partial charge in [-0.1, -0.05) is 19.1 Å². The van der Waals surface area contributed by atoms with Crippen LogP contribution in [0, 0.1) is 0 Å². The molecule has 0 spiro atoms. The molecular weight excluding hydrogens is 354 g/mol. The summed E-state index contributed by atoms with van der Waals surface area (Å²) in [4.78, 5) is 28.0. The van der Waals surface area contributed by atoms with Gasteiger partial charge in [0, 0.05) is 11.4 Å². The largest absolute Gasteiger partial charge is 0.465 e. The van der Waals surface area contributed by atoms with E-state index in [2.05, 4.69) is 39.4 Å². The summed E-state index contributed by atoms with van der Waals surface area (Å²) >= 11 is 0. The fourth-order valence-corrected chi connectivity index (χ4v) is 2.60. The first-order chi connectivity index (χ1) is 13.6. The van der Waals surface area contributed by atoms with Crippen molar-refractivity contribution in [3.8, 4) is 0 Å². The van der Waals surface area contributed by atoms with E-state index in [4.69, 9.17) is 0 Å². The predicted molar refractivity (Wildman–Crippen MR) is 109 cm³/mol. The SMILES string of the molecule is CCc1ccc(Nc2ccc(C(=O)Nc3ccc(C(=O)OC)cc3)nc2)cc1. The van der Waals surface area contributed by atoms with Crippen molar-refractivity contribution in [3.05, 3.63) is 83.7 Å². The lowest BCUT2D eigenvalue weighted by molar-refractivity contribution is 0.0600. The molecule has 0 saturated carbocycles. The summed E-state index contributed by atoms with van der Waals surface area (Å²) in [7, 11) is 1.32. The number of pyridine rings is 1. The van der Waals surface area contributed by atoms with Crippen molar-refractivity contribution in [2.75, 3.05) is 17.7 Å². The molecule has 6 heteroatoms. The van der Waals surface area contributed by atoms with Gasteiger partial charge in [0.25, 0.3) is 5.91 Å². The number of amides is 1. The summed E-state index contributed by atoms with van der Waals surface area (Å²) in [5, 5.41) is 6.01. The van der Waals surface area contributed by atoms with Crippen molar-refractivity contribution < 1.29 is 14.3 Å². The first-order valence-electron chi connectivity index (χ1n) is 8.91. The molecule has 6 nitrogen and oxygen atoms in total. The van der Waals surface area contributed by atoms with Gasteiger partial charge in [0.05, 0.1) is 24.6 Å². The molecule has 2 N–H and O–H groups in total. The Balaban J connectivity index is 1.62. The third kappa shape index (κ3) is 4.73. The molecule has 0 atom stereocenters. The molecule has 0 unspecified atom stereocenters. The number of carbonyl (C=O) groups is 2. The Morgan fingerprint density at radius 3 is 2.11 bits per heavy atom. The zero-order valence-electron chi connectivity index (χ0n) is 15.7. The number of esters is 1. The van der Waals surface area contributed by atoms with E-state index in [1.807, 2.05) is 12.1 Å². The quantitative estimate of drug-likeness (QED) is 0.623. The minimum Gasteiger partial charge on any atom is -0.465 e. The molecule has 2 aromatic carbocycles. The van der Waals surface area contributed by atoms with E-state index < -0.39 is 5.97 Å². The van der Waals surface area contributed by atoms with E-state index in [-0.39, 0.29) is 5.91 Å². The summed E-state index contributed by atoms with van der Waals surface area (Å²) in [5.74, 6) is -0.753. The molecule has 0 bridgehead atoms. The topological polar surface area (TPSA) is 80.3 Å². The van der Waals surface area contributed by atoms with Gasteiger partial charge in [-0.2, -0.15) is 0 Å². The van der Waals surface area contributed by atoms with Gasteiger partial charge in [0.1, 0.15) is 5.69 Å². The maximum Gasteiger partial charge on any atom is 0.337 e. The van der Waals surface area contributed by atoms with Crippen LogP contribution in [0.5, 0.6) is 0 Å². The number of benzene rings is 2. The van der Waals surface area contributed by atoms with E-state index in [1.54, 1.807) is 42.6 Å². The molecule has 0 fully saturated rings. The molecule has 0 aliphatic heterocycles. The lowest BCUT2D eigenvalue weighted by Crippen LogP contribution is -2.13. The maximum atomic E-state index is 12.3. The summed E-state index contributed by atoms with van der Waals surface area (Å²) in [6.45, 7) is 2.11. The number of aromatic nitrogens is 1. The molecule has 28 heavy (non-hydrogen) atoms. The molecule has 0 saturated heterocycles. The van der Waals surface area contributed by atoms with E-state index >= 15 is 0 Å². The van der Waals surface area contributed by atoms with Crippen LogP contribution in [0.25, 0.3) is 0 Å². The van der Waals surface area contributed by atoms with Crippen LogP contribution >= 0.6 is 0 Å². The zero-order chi connectivity index (χ0) is 19.9. The lowest BCUT2D eigenvalue weighted by Gasteiger charge is -2.08. The van der Waals surface area contributed by atoms with E-state index in [1.165, 1.54) is 12.7 Å². The highest BCUT2D eigenvalue weighted by Crippen LogP contribution is 2.17. The number of rotatable bonds is 6. The Labute approximate surface area is 163 Å². The summed E-state index contributed by atoms with van der Waals surface area (Å²) in [6.07, 6.45) is 2.61. The molecule has 0 radical (unpaired) electrons. The zero-order valence-corrected chi connectivity index (χ0v) is 15.7. The first-order valence-corrected chi connectivity index (χ1v) is 8.91. The lowest BCUT2D eigenvalue weighted by atomic mass is 10.1. The van der Waals surface area contributed by atoms with Gasteiger partial charge in [-0.25, -0.2) is 9.78 Å². The number of ether oxygens (including phenoxy) is 1. The minimum atomic E-state index is -0.424. The predicted octanol–water partition coefficient (Wildman–Crippen LogP) is 4.43. The second-order valence-electron chi connectivity index (χ2n) is 6.13. The van der Waals surface area contributed by atoms with E-state index in [9.17, 15) is 9.59 Å². The van der Waals surface area contributed by atoms with E-state index in [0.717, 1.165) is 17.8 Å². The highest BCUT2D eigenvalue weighted by molar-refractivity contribution is 6.03. The number of methoxy groups -OCH3 is 1. The molecule has 0 aliphatic carbocycles. The van der Waals surface area contributed by atoms with Crippen molar-refractivity contribution in [2.45, 2.75) is 13.3 Å². The summed E-state index contributed by atoms with van der Waals surface area (Å²) in [6, 6.07) is 18.1. The third-order valence-electron chi connectivity index (χ3n) is 4.21. The minimum absolute atomic E-state index is 0.295. The van der Waals surface area contributed by atoms with Gasteiger partial charge in [-0.15, -0.1) is 0 Å². The number of hydrogen-bond acceptors (Lipinski definition) is 5. The normalized spacial score (nSPS) is 10.2. The van der Waals surface area contributed by atoms with Crippen molar-refractivity contribution >= 4 is 28.9 Å². The Hall–Kier alpha value is -3.67. The second-order valence-corrected chi connectivity index (χ2v) is 6.13. The molecular formula is C22H21N3O3. The van der Waals surface area contributed by atoms with Crippen LogP contribution in [0.3, 0.4) is 0 Å². The third-order valence-corrected chi connectivity index (χ3v) is 4.21. The Morgan fingerprint density at radius 1 is 0.893 bits per heavy atom. The molecule has 1 amide bonds. The number of aryl methyl sites for hydroxylation is 1. The van der Waals surface area contributed by atoms with Crippen molar-refractivity contribution in [3.63, 3.8) is 0 Å². The molecule has 3 aromatic rings. The van der Waals surface area contributed by atoms with Gasteiger partial charge >= 0.3 is 5.97 Å². The van der Waals surface area contributed by atoms with Gasteiger partial charge < -0.3 is 15.4 Å². The number of nitrogens with zero attached hydrogens (tertiary/aromatic N) is 1. The van der Waals surface area contributed by atoms with Crippen LogP contribution in [-0.4, -0.2) is 24.0 Å². The van der Waals surface area contributed by atoms with E-state index in [0.29, 0.717) is 16.9 Å². The molecule has 3 rings (SSSR count). The van der Waals surface area contributed by atoms with Crippen molar-refractivity contribution in [1.29, 1.82) is 0 Å². The molecule has 0 aliphatic rings. The van der Waals surface area contributed by atoms with Crippen LogP contribution in [0.15, 0.2) is 66.9 Å². The number of carbonyl (C=O) groups excluding carboxylic acids is 2.